The van der Waals surface area contributed by atoms with Crippen LogP contribution in [0.1, 0.15) is 61.3 Å². The molecule has 4 heteroatoms. The SMILES string of the molecule is C[C@@H](N[C@H]1CC[C@@H](c2ccc(CCC(=O)O)cc2)C1)c1cccc2ccccc12.Cl. The van der Waals surface area contributed by atoms with E-state index in [1.54, 1.807) is 0 Å². The van der Waals surface area contributed by atoms with Crippen molar-refractivity contribution >= 4 is 29.1 Å². The Morgan fingerprint density at radius 1 is 1.03 bits per heavy atom. The van der Waals surface area contributed by atoms with E-state index in [2.05, 4.69) is 79.0 Å². The number of hydrogen-bond acceptors (Lipinski definition) is 2. The van der Waals surface area contributed by atoms with Gasteiger partial charge in [0.1, 0.15) is 0 Å². The molecule has 0 aromatic heterocycles. The van der Waals surface area contributed by atoms with Gasteiger partial charge in [0.2, 0.25) is 0 Å². The first-order chi connectivity index (χ1) is 14.1. The first-order valence-corrected chi connectivity index (χ1v) is 10.6. The molecular weight excluding hydrogens is 394 g/mol. The zero-order chi connectivity index (χ0) is 20.2. The average molecular weight is 424 g/mol. The summed E-state index contributed by atoms with van der Waals surface area (Å²) in [7, 11) is 0. The predicted molar refractivity (Wildman–Crippen MR) is 126 cm³/mol. The molecule has 0 bridgehead atoms. The molecule has 2 N–H and O–H groups in total. The number of carbonyl (C=O) groups is 1. The average Bonchev–Trinajstić information content (AvgIpc) is 3.20. The standard InChI is InChI=1S/C26H29NO2.ClH/c1-18(24-8-4-6-21-5-2-3-7-25(21)24)27-23-15-14-22(17-23)20-12-9-19(10-13-20)11-16-26(28)29;/h2-10,12-13,18,22-23,27H,11,14-17H2,1H3,(H,28,29);1H/t18-,22-,23+;/m1./s1. The first-order valence-electron chi connectivity index (χ1n) is 10.6. The fourth-order valence-electron chi connectivity index (χ4n) is 4.71. The third-order valence-electron chi connectivity index (χ3n) is 6.29. The zero-order valence-electron chi connectivity index (χ0n) is 17.4. The second kappa shape index (κ2) is 10.1. The second-order valence-electron chi connectivity index (χ2n) is 8.30. The number of rotatable bonds is 7. The van der Waals surface area contributed by atoms with Gasteiger partial charge in [-0.25, -0.2) is 0 Å². The maximum atomic E-state index is 10.7. The molecule has 3 atom stereocenters. The summed E-state index contributed by atoms with van der Waals surface area (Å²) in [5.41, 5.74) is 3.86. The Morgan fingerprint density at radius 3 is 2.53 bits per heavy atom. The van der Waals surface area contributed by atoms with Gasteiger partial charge in [0, 0.05) is 18.5 Å². The molecule has 1 fully saturated rings. The third kappa shape index (κ3) is 5.21. The first kappa shape index (κ1) is 22.3. The Balaban J connectivity index is 0.00000256. The quantitative estimate of drug-likeness (QED) is 0.471. The van der Waals surface area contributed by atoms with Crippen molar-refractivity contribution in [3.05, 3.63) is 83.4 Å². The summed E-state index contributed by atoms with van der Waals surface area (Å²) in [5.74, 6) is -0.153. The number of fused-ring (bicyclic) bond motifs is 1. The summed E-state index contributed by atoms with van der Waals surface area (Å²) < 4.78 is 0. The lowest BCUT2D eigenvalue weighted by atomic mass is 9.95. The van der Waals surface area contributed by atoms with Gasteiger partial charge in [-0.05, 0) is 66.0 Å². The fraction of sp³-hybridized carbons (Fsp3) is 0.346. The molecule has 158 valence electrons. The van der Waals surface area contributed by atoms with E-state index in [0.29, 0.717) is 24.4 Å². The molecule has 0 aliphatic heterocycles. The van der Waals surface area contributed by atoms with Crippen molar-refractivity contribution in [2.24, 2.45) is 0 Å². The van der Waals surface area contributed by atoms with Crippen molar-refractivity contribution in [2.45, 2.75) is 57.0 Å². The molecule has 3 nitrogen and oxygen atoms in total. The number of aliphatic carboxylic acids is 1. The van der Waals surface area contributed by atoms with Crippen molar-refractivity contribution < 1.29 is 9.90 Å². The van der Waals surface area contributed by atoms with Crippen LogP contribution in [0.3, 0.4) is 0 Å². The van der Waals surface area contributed by atoms with Crippen LogP contribution in [0.5, 0.6) is 0 Å². The Hall–Kier alpha value is -2.36. The molecule has 3 aromatic rings. The van der Waals surface area contributed by atoms with Crippen LogP contribution in [-0.4, -0.2) is 17.1 Å². The molecule has 3 aromatic carbocycles. The molecule has 0 saturated heterocycles. The van der Waals surface area contributed by atoms with Crippen LogP contribution in [0.15, 0.2) is 66.7 Å². The van der Waals surface area contributed by atoms with Gasteiger partial charge in [-0.15, -0.1) is 12.4 Å². The second-order valence-corrected chi connectivity index (χ2v) is 8.30. The molecular formula is C26H30ClNO2. The normalized spacial score (nSPS) is 19.4. The number of nitrogens with one attached hydrogen (secondary N) is 1. The summed E-state index contributed by atoms with van der Waals surface area (Å²) >= 11 is 0. The zero-order valence-corrected chi connectivity index (χ0v) is 18.2. The molecule has 30 heavy (non-hydrogen) atoms. The van der Waals surface area contributed by atoms with E-state index in [9.17, 15) is 4.79 Å². The van der Waals surface area contributed by atoms with Gasteiger partial charge >= 0.3 is 5.97 Å². The Bertz CT molecular complexity index is 980. The van der Waals surface area contributed by atoms with Crippen LogP contribution in [0.2, 0.25) is 0 Å². The monoisotopic (exact) mass is 423 g/mol. The Kier molecular flexibility index (Phi) is 7.52. The van der Waals surface area contributed by atoms with Crippen LogP contribution in [-0.2, 0) is 11.2 Å². The summed E-state index contributed by atoms with van der Waals surface area (Å²) in [4.78, 5) is 10.7. The number of aryl methyl sites for hydroxylation is 1. The van der Waals surface area contributed by atoms with Crippen LogP contribution < -0.4 is 5.32 Å². The van der Waals surface area contributed by atoms with Crippen LogP contribution in [0, 0.1) is 0 Å². The Labute approximate surface area is 184 Å². The molecule has 0 amide bonds. The highest BCUT2D eigenvalue weighted by molar-refractivity contribution is 5.86. The largest absolute Gasteiger partial charge is 0.481 e. The van der Waals surface area contributed by atoms with E-state index in [0.717, 1.165) is 12.0 Å². The lowest BCUT2D eigenvalue weighted by Gasteiger charge is -2.21. The van der Waals surface area contributed by atoms with Gasteiger partial charge in [-0.2, -0.15) is 0 Å². The maximum absolute atomic E-state index is 10.7. The number of carboxylic acids is 1. The van der Waals surface area contributed by atoms with E-state index in [-0.39, 0.29) is 18.8 Å². The molecule has 0 spiro atoms. The fourth-order valence-corrected chi connectivity index (χ4v) is 4.71. The third-order valence-corrected chi connectivity index (χ3v) is 6.29. The molecule has 1 aliphatic carbocycles. The minimum Gasteiger partial charge on any atom is -0.481 e. The van der Waals surface area contributed by atoms with Gasteiger partial charge in [0.15, 0.2) is 0 Å². The van der Waals surface area contributed by atoms with Crippen LogP contribution >= 0.6 is 12.4 Å². The van der Waals surface area contributed by atoms with E-state index in [1.807, 2.05) is 0 Å². The highest BCUT2D eigenvalue weighted by atomic mass is 35.5. The van der Waals surface area contributed by atoms with Gasteiger partial charge in [0.05, 0.1) is 0 Å². The van der Waals surface area contributed by atoms with Gasteiger partial charge in [0.25, 0.3) is 0 Å². The number of halogens is 1. The number of carboxylic acid groups (broad SMARTS) is 1. The summed E-state index contributed by atoms with van der Waals surface area (Å²) in [6.45, 7) is 2.27. The molecule has 0 heterocycles. The van der Waals surface area contributed by atoms with E-state index < -0.39 is 5.97 Å². The van der Waals surface area contributed by atoms with Crippen molar-refractivity contribution in [3.8, 4) is 0 Å². The van der Waals surface area contributed by atoms with Gasteiger partial charge in [-0.3, -0.25) is 4.79 Å². The minimum atomic E-state index is -0.737. The van der Waals surface area contributed by atoms with Crippen molar-refractivity contribution in [1.82, 2.24) is 5.32 Å². The van der Waals surface area contributed by atoms with Crippen molar-refractivity contribution in [2.75, 3.05) is 0 Å². The topological polar surface area (TPSA) is 49.3 Å². The summed E-state index contributed by atoms with van der Waals surface area (Å²) in [6.07, 6.45) is 4.35. The van der Waals surface area contributed by atoms with Crippen LogP contribution in [0.25, 0.3) is 10.8 Å². The molecule has 0 unspecified atom stereocenters. The minimum absolute atomic E-state index is 0. The van der Waals surface area contributed by atoms with E-state index >= 15 is 0 Å². The lowest BCUT2D eigenvalue weighted by Crippen LogP contribution is -2.29. The molecule has 1 aliphatic rings. The van der Waals surface area contributed by atoms with E-state index in [1.165, 1.54) is 34.7 Å². The number of hydrogen-bond donors (Lipinski definition) is 2. The van der Waals surface area contributed by atoms with Crippen molar-refractivity contribution in [3.63, 3.8) is 0 Å². The molecule has 1 saturated carbocycles. The van der Waals surface area contributed by atoms with Crippen molar-refractivity contribution in [1.29, 1.82) is 0 Å². The van der Waals surface area contributed by atoms with Gasteiger partial charge in [-0.1, -0.05) is 66.7 Å². The highest BCUT2D eigenvalue weighted by Gasteiger charge is 2.27. The number of benzene rings is 3. The summed E-state index contributed by atoms with van der Waals surface area (Å²) in [6, 6.07) is 24.6. The van der Waals surface area contributed by atoms with Crippen LogP contribution in [0.4, 0.5) is 0 Å². The van der Waals surface area contributed by atoms with E-state index in [4.69, 9.17) is 5.11 Å². The lowest BCUT2D eigenvalue weighted by molar-refractivity contribution is -0.136. The Morgan fingerprint density at radius 2 is 1.77 bits per heavy atom. The predicted octanol–water partition coefficient (Wildman–Crippen LogP) is 6.27. The summed E-state index contributed by atoms with van der Waals surface area (Å²) in [5, 5.41) is 15.3. The smallest absolute Gasteiger partial charge is 0.303 e. The highest BCUT2D eigenvalue weighted by Crippen LogP contribution is 2.36. The molecule has 4 rings (SSSR count). The molecule has 0 radical (unpaired) electrons. The maximum Gasteiger partial charge on any atom is 0.303 e. The van der Waals surface area contributed by atoms with Gasteiger partial charge < -0.3 is 10.4 Å².